The Morgan fingerprint density at radius 2 is 1.79 bits per heavy atom. The van der Waals surface area contributed by atoms with Gasteiger partial charge in [-0.05, 0) is 64.3 Å². The molecule has 0 atom stereocenters. The van der Waals surface area contributed by atoms with E-state index in [0.29, 0.717) is 0 Å². The maximum atomic E-state index is 4.45. The fourth-order valence-corrected chi connectivity index (χ4v) is 2.25. The predicted octanol–water partition coefficient (Wildman–Crippen LogP) is 1.80. The lowest BCUT2D eigenvalue weighted by Gasteiger charge is -2.08. The summed E-state index contributed by atoms with van der Waals surface area (Å²) >= 11 is 0. The largest absolute Gasteiger partial charge is 0.316 e. The van der Waals surface area contributed by atoms with Crippen molar-refractivity contribution in [2.75, 3.05) is 26.2 Å². The highest BCUT2D eigenvalue weighted by molar-refractivity contribution is 5.24. The standard InChI is InChI=1S/C15H30N4/c1-12(2)11-17-9-6-8-16-10-7-15-13(3)18-19(5)14(15)4/h12,16-17H,6-11H2,1-5H3. The Morgan fingerprint density at radius 1 is 1.11 bits per heavy atom. The highest BCUT2D eigenvalue weighted by Crippen LogP contribution is 2.11. The molecule has 0 saturated heterocycles. The van der Waals surface area contributed by atoms with Crippen LogP contribution in [0.25, 0.3) is 0 Å². The summed E-state index contributed by atoms with van der Waals surface area (Å²) in [5.41, 5.74) is 3.85. The topological polar surface area (TPSA) is 41.9 Å². The molecule has 0 amide bonds. The van der Waals surface area contributed by atoms with E-state index in [4.69, 9.17) is 0 Å². The van der Waals surface area contributed by atoms with Gasteiger partial charge in [0.25, 0.3) is 0 Å². The number of hydrogen-bond acceptors (Lipinski definition) is 3. The van der Waals surface area contributed by atoms with Gasteiger partial charge < -0.3 is 10.6 Å². The maximum absolute atomic E-state index is 4.45. The summed E-state index contributed by atoms with van der Waals surface area (Å²) < 4.78 is 1.97. The Hall–Kier alpha value is -0.870. The molecule has 1 heterocycles. The second kappa shape index (κ2) is 8.33. The Kier molecular flexibility index (Phi) is 7.10. The number of rotatable bonds is 9. The van der Waals surface area contributed by atoms with Gasteiger partial charge >= 0.3 is 0 Å². The van der Waals surface area contributed by atoms with E-state index in [1.807, 2.05) is 11.7 Å². The van der Waals surface area contributed by atoms with Crippen molar-refractivity contribution in [1.29, 1.82) is 0 Å². The summed E-state index contributed by atoms with van der Waals surface area (Å²) in [6.45, 7) is 13.1. The fraction of sp³-hybridized carbons (Fsp3) is 0.800. The number of aryl methyl sites for hydroxylation is 2. The van der Waals surface area contributed by atoms with Gasteiger partial charge in [0.2, 0.25) is 0 Å². The first-order chi connectivity index (χ1) is 9.02. The molecule has 1 aromatic heterocycles. The molecular weight excluding hydrogens is 236 g/mol. The van der Waals surface area contributed by atoms with Crippen LogP contribution in [0.4, 0.5) is 0 Å². The SMILES string of the molecule is Cc1nn(C)c(C)c1CCNCCCNCC(C)C. The maximum Gasteiger partial charge on any atom is 0.0628 e. The van der Waals surface area contributed by atoms with Crippen molar-refractivity contribution in [2.24, 2.45) is 13.0 Å². The zero-order valence-electron chi connectivity index (χ0n) is 13.2. The lowest BCUT2D eigenvalue weighted by molar-refractivity contribution is 0.531. The molecule has 4 heteroatoms. The predicted molar refractivity (Wildman–Crippen MR) is 81.6 cm³/mol. The molecule has 110 valence electrons. The van der Waals surface area contributed by atoms with E-state index in [9.17, 15) is 0 Å². The van der Waals surface area contributed by atoms with Gasteiger partial charge in [-0.25, -0.2) is 0 Å². The molecule has 0 aliphatic carbocycles. The van der Waals surface area contributed by atoms with Crippen LogP contribution >= 0.6 is 0 Å². The van der Waals surface area contributed by atoms with Gasteiger partial charge in [0.15, 0.2) is 0 Å². The molecule has 0 bridgehead atoms. The lowest BCUT2D eigenvalue weighted by atomic mass is 10.1. The van der Waals surface area contributed by atoms with Crippen LogP contribution in [0.1, 0.15) is 37.2 Å². The summed E-state index contributed by atoms with van der Waals surface area (Å²) in [7, 11) is 2.01. The molecule has 1 rings (SSSR count). The van der Waals surface area contributed by atoms with E-state index in [0.717, 1.165) is 38.5 Å². The minimum absolute atomic E-state index is 0.740. The normalized spacial score (nSPS) is 11.5. The van der Waals surface area contributed by atoms with E-state index < -0.39 is 0 Å². The number of hydrogen-bond donors (Lipinski definition) is 2. The van der Waals surface area contributed by atoms with Gasteiger partial charge in [-0.15, -0.1) is 0 Å². The highest BCUT2D eigenvalue weighted by Gasteiger charge is 2.07. The Morgan fingerprint density at radius 3 is 2.37 bits per heavy atom. The van der Waals surface area contributed by atoms with Gasteiger partial charge in [0.1, 0.15) is 0 Å². The molecule has 0 aliphatic rings. The van der Waals surface area contributed by atoms with Gasteiger partial charge in [-0.2, -0.15) is 5.10 Å². The van der Waals surface area contributed by atoms with Crippen molar-refractivity contribution in [1.82, 2.24) is 20.4 Å². The van der Waals surface area contributed by atoms with Crippen molar-refractivity contribution in [2.45, 2.75) is 40.5 Å². The molecule has 0 unspecified atom stereocenters. The van der Waals surface area contributed by atoms with Crippen LogP contribution in [0.3, 0.4) is 0 Å². The molecule has 0 saturated carbocycles. The van der Waals surface area contributed by atoms with Crippen molar-refractivity contribution in [3.8, 4) is 0 Å². The molecule has 19 heavy (non-hydrogen) atoms. The molecular formula is C15H30N4. The molecule has 2 N–H and O–H groups in total. The van der Waals surface area contributed by atoms with Crippen LogP contribution in [0.15, 0.2) is 0 Å². The van der Waals surface area contributed by atoms with E-state index in [-0.39, 0.29) is 0 Å². The third kappa shape index (κ3) is 5.74. The highest BCUT2D eigenvalue weighted by atomic mass is 15.3. The van der Waals surface area contributed by atoms with Gasteiger partial charge in [-0.1, -0.05) is 13.8 Å². The van der Waals surface area contributed by atoms with Gasteiger partial charge in [0.05, 0.1) is 5.69 Å². The third-order valence-corrected chi connectivity index (χ3v) is 3.47. The van der Waals surface area contributed by atoms with Crippen molar-refractivity contribution in [3.63, 3.8) is 0 Å². The molecule has 0 aliphatic heterocycles. The van der Waals surface area contributed by atoms with Gasteiger partial charge in [-0.3, -0.25) is 4.68 Å². The first kappa shape index (κ1) is 16.2. The third-order valence-electron chi connectivity index (χ3n) is 3.47. The second-order valence-electron chi connectivity index (χ2n) is 5.72. The average molecular weight is 266 g/mol. The summed E-state index contributed by atoms with van der Waals surface area (Å²) in [4.78, 5) is 0. The van der Waals surface area contributed by atoms with Crippen molar-refractivity contribution >= 4 is 0 Å². The number of aromatic nitrogens is 2. The average Bonchev–Trinajstić information content (AvgIpc) is 2.58. The zero-order chi connectivity index (χ0) is 14.3. The van der Waals surface area contributed by atoms with Crippen molar-refractivity contribution < 1.29 is 0 Å². The summed E-state index contributed by atoms with van der Waals surface area (Å²) in [5, 5.41) is 11.4. The van der Waals surface area contributed by atoms with E-state index in [1.165, 1.54) is 23.4 Å². The lowest BCUT2D eigenvalue weighted by Crippen LogP contribution is -2.25. The summed E-state index contributed by atoms with van der Waals surface area (Å²) in [6.07, 6.45) is 2.27. The fourth-order valence-electron chi connectivity index (χ4n) is 2.25. The van der Waals surface area contributed by atoms with Crippen molar-refractivity contribution in [3.05, 3.63) is 17.0 Å². The van der Waals surface area contributed by atoms with Crippen LogP contribution in [-0.4, -0.2) is 36.0 Å². The van der Waals surface area contributed by atoms with E-state index in [2.05, 4.69) is 43.4 Å². The summed E-state index contributed by atoms with van der Waals surface area (Å²) in [6, 6.07) is 0. The minimum Gasteiger partial charge on any atom is -0.316 e. The van der Waals surface area contributed by atoms with Gasteiger partial charge in [0, 0.05) is 12.7 Å². The monoisotopic (exact) mass is 266 g/mol. The summed E-state index contributed by atoms with van der Waals surface area (Å²) in [5.74, 6) is 0.740. The van der Waals surface area contributed by atoms with Crippen LogP contribution in [0.2, 0.25) is 0 Å². The Balaban J connectivity index is 2.08. The van der Waals surface area contributed by atoms with Crippen LogP contribution in [0, 0.1) is 19.8 Å². The quantitative estimate of drug-likeness (QED) is 0.670. The van der Waals surface area contributed by atoms with Crippen LogP contribution in [0.5, 0.6) is 0 Å². The first-order valence-electron chi connectivity index (χ1n) is 7.43. The second-order valence-corrected chi connectivity index (χ2v) is 5.72. The zero-order valence-corrected chi connectivity index (χ0v) is 13.2. The molecule has 0 spiro atoms. The number of nitrogens with one attached hydrogen (secondary N) is 2. The van der Waals surface area contributed by atoms with E-state index >= 15 is 0 Å². The minimum atomic E-state index is 0.740. The molecule has 0 fully saturated rings. The van der Waals surface area contributed by atoms with Crippen LogP contribution in [-0.2, 0) is 13.5 Å². The molecule has 0 radical (unpaired) electrons. The molecule has 1 aromatic rings. The van der Waals surface area contributed by atoms with E-state index in [1.54, 1.807) is 0 Å². The first-order valence-corrected chi connectivity index (χ1v) is 7.43. The number of nitrogens with zero attached hydrogens (tertiary/aromatic N) is 2. The molecule has 0 aromatic carbocycles. The smallest absolute Gasteiger partial charge is 0.0628 e. The van der Waals surface area contributed by atoms with Crippen LogP contribution < -0.4 is 10.6 Å². The molecule has 4 nitrogen and oxygen atoms in total. The Labute approximate surface area is 118 Å². The Bertz CT molecular complexity index is 368.